The van der Waals surface area contributed by atoms with Crippen molar-refractivity contribution in [1.82, 2.24) is 4.98 Å². The van der Waals surface area contributed by atoms with Crippen LogP contribution in [0.15, 0.2) is 6.20 Å². The molecule has 1 heterocycles. The molecule has 0 amide bonds. The van der Waals surface area contributed by atoms with E-state index in [4.69, 9.17) is 5.73 Å². The first-order valence-electron chi connectivity index (χ1n) is 4.12. The van der Waals surface area contributed by atoms with Crippen molar-refractivity contribution < 1.29 is 0 Å². The molecule has 5 heteroatoms. The zero-order valence-corrected chi connectivity index (χ0v) is 9.62. The van der Waals surface area contributed by atoms with Crippen molar-refractivity contribution in [2.45, 2.75) is 6.54 Å². The maximum atomic E-state index is 5.51. The normalized spacial score (nSPS) is 10.4. The Bertz CT molecular complexity index is 249. The second-order valence-corrected chi connectivity index (χ2v) is 4.81. The van der Waals surface area contributed by atoms with E-state index in [-0.39, 0.29) is 0 Å². The van der Waals surface area contributed by atoms with Crippen molar-refractivity contribution in [3.8, 4) is 0 Å². The smallest absolute Gasteiger partial charge is 0.185 e. The van der Waals surface area contributed by atoms with Crippen LogP contribution < -0.4 is 10.6 Å². The predicted octanol–water partition coefficient (Wildman–Crippen LogP) is 1.40. The molecular formula is C8H15N3S2. The van der Waals surface area contributed by atoms with Gasteiger partial charge in [0.2, 0.25) is 0 Å². The predicted molar refractivity (Wildman–Crippen MR) is 61.7 cm³/mol. The van der Waals surface area contributed by atoms with Crippen LogP contribution in [0.2, 0.25) is 0 Å². The van der Waals surface area contributed by atoms with E-state index >= 15 is 0 Å². The lowest BCUT2D eigenvalue weighted by molar-refractivity contribution is 0.966. The lowest BCUT2D eigenvalue weighted by Gasteiger charge is -2.14. The van der Waals surface area contributed by atoms with E-state index in [0.717, 1.165) is 22.3 Å². The van der Waals surface area contributed by atoms with Crippen LogP contribution in [0, 0.1) is 0 Å². The van der Waals surface area contributed by atoms with Crippen molar-refractivity contribution >= 4 is 28.2 Å². The summed E-state index contributed by atoms with van der Waals surface area (Å²) in [6.07, 6.45) is 3.97. The fraction of sp³-hybridized carbons (Fsp3) is 0.625. The number of rotatable bonds is 5. The van der Waals surface area contributed by atoms with Crippen molar-refractivity contribution in [1.29, 1.82) is 0 Å². The Morgan fingerprint density at radius 2 is 2.46 bits per heavy atom. The summed E-state index contributed by atoms with van der Waals surface area (Å²) in [5, 5.41) is 1.06. The monoisotopic (exact) mass is 217 g/mol. The van der Waals surface area contributed by atoms with Crippen molar-refractivity contribution in [2.75, 3.05) is 30.5 Å². The standard InChI is InChI=1S/C8H15N3S2/c1-11(3-4-12-2)8-10-6-7(5-9)13-8/h6H,3-5,9H2,1-2H3. The molecule has 0 bridgehead atoms. The van der Waals surface area contributed by atoms with E-state index in [1.165, 1.54) is 0 Å². The summed E-state index contributed by atoms with van der Waals surface area (Å²) in [4.78, 5) is 7.61. The Morgan fingerprint density at radius 1 is 1.69 bits per heavy atom. The molecule has 1 rings (SSSR count). The Hall–Kier alpha value is -0.260. The zero-order chi connectivity index (χ0) is 9.68. The molecule has 1 aromatic rings. The van der Waals surface area contributed by atoms with Gasteiger partial charge in [-0.2, -0.15) is 11.8 Å². The molecule has 0 spiro atoms. The second kappa shape index (κ2) is 5.47. The quantitative estimate of drug-likeness (QED) is 0.809. The van der Waals surface area contributed by atoms with Gasteiger partial charge in [-0.1, -0.05) is 0 Å². The summed E-state index contributed by atoms with van der Waals surface area (Å²) in [6.45, 7) is 1.63. The third-order valence-electron chi connectivity index (χ3n) is 1.70. The topological polar surface area (TPSA) is 42.2 Å². The van der Waals surface area contributed by atoms with Crippen LogP contribution in [0.1, 0.15) is 4.88 Å². The largest absolute Gasteiger partial charge is 0.350 e. The molecule has 0 fully saturated rings. The zero-order valence-electron chi connectivity index (χ0n) is 7.99. The molecule has 3 nitrogen and oxygen atoms in total. The molecular weight excluding hydrogens is 202 g/mol. The molecule has 0 saturated carbocycles. The third kappa shape index (κ3) is 3.17. The van der Waals surface area contributed by atoms with Crippen LogP contribution in [0.25, 0.3) is 0 Å². The molecule has 0 aromatic carbocycles. The van der Waals surface area contributed by atoms with E-state index < -0.39 is 0 Å². The number of hydrogen-bond donors (Lipinski definition) is 1. The average molecular weight is 217 g/mol. The molecule has 74 valence electrons. The molecule has 0 aliphatic heterocycles. The van der Waals surface area contributed by atoms with Gasteiger partial charge >= 0.3 is 0 Å². The first-order valence-corrected chi connectivity index (χ1v) is 6.33. The minimum Gasteiger partial charge on any atom is -0.350 e. The highest BCUT2D eigenvalue weighted by Gasteiger charge is 2.04. The van der Waals surface area contributed by atoms with Gasteiger partial charge in [-0.05, 0) is 6.26 Å². The number of nitrogens with zero attached hydrogens (tertiary/aromatic N) is 2. The van der Waals surface area contributed by atoms with Crippen molar-refractivity contribution in [3.05, 3.63) is 11.1 Å². The van der Waals surface area contributed by atoms with Crippen LogP contribution in [0.5, 0.6) is 0 Å². The van der Waals surface area contributed by atoms with Gasteiger partial charge in [-0.25, -0.2) is 4.98 Å². The van der Waals surface area contributed by atoms with Crippen LogP contribution >= 0.6 is 23.1 Å². The van der Waals surface area contributed by atoms with Gasteiger partial charge in [0.1, 0.15) is 0 Å². The van der Waals surface area contributed by atoms with Crippen LogP contribution in [-0.2, 0) is 6.54 Å². The van der Waals surface area contributed by atoms with E-state index in [0.29, 0.717) is 6.54 Å². The molecule has 0 radical (unpaired) electrons. The molecule has 13 heavy (non-hydrogen) atoms. The van der Waals surface area contributed by atoms with Gasteiger partial charge in [0.25, 0.3) is 0 Å². The van der Waals surface area contributed by atoms with Crippen LogP contribution in [-0.4, -0.2) is 30.6 Å². The number of aromatic nitrogens is 1. The lowest BCUT2D eigenvalue weighted by atomic mass is 10.6. The summed E-state index contributed by atoms with van der Waals surface area (Å²) >= 11 is 3.52. The fourth-order valence-electron chi connectivity index (χ4n) is 0.892. The van der Waals surface area contributed by atoms with E-state index in [9.17, 15) is 0 Å². The van der Waals surface area contributed by atoms with Gasteiger partial charge in [0.15, 0.2) is 5.13 Å². The molecule has 0 unspecified atom stereocenters. The first-order chi connectivity index (χ1) is 6.27. The average Bonchev–Trinajstić information content (AvgIpc) is 2.62. The van der Waals surface area contributed by atoms with Gasteiger partial charge < -0.3 is 10.6 Å². The van der Waals surface area contributed by atoms with Gasteiger partial charge in [0, 0.05) is 37.0 Å². The summed E-state index contributed by atoms with van der Waals surface area (Å²) in [5.41, 5.74) is 5.51. The third-order valence-corrected chi connectivity index (χ3v) is 3.42. The molecule has 0 aliphatic rings. The van der Waals surface area contributed by atoms with E-state index in [2.05, 4.69) is 23.2 Å². The van der Waals surface area contributed by atoms with Crippen LogP contribution in [0.4, 0.5) is 5.13 Å². The van der Waals surface area contributed by atoms with E-state index in [1.54, 1.807) is 11.3 Å². The number of nitrogens with two attached hydrogens (primary N) is 1. The minimum absolute atomic E-state index is 0.591. The Morgan fingerprint density at radius 3 is 3.00 bits per heavy atom. The highest BCUT2D eigenvalue weighted by atomic mass is 32.2. The molecule has 2 N–H and O–H groups in total. The minimum atomic E-state index is 0.591. The second-order valence-electron chi connectivity index (χ2n) is 2.73. The van der Waals surface area contributed by atoms with Gasteiger partial charge in [-0.3, -0.25) is 0 Å². The Kier molecular flexibility index (Phi) is 4.55. The SMILES string of the molecule is CSCCN(C)c1ncc(CN)s1. The lowest BCUT2D eigenvalue weighted by Crippen LogP contribution is -2.19. The maximum Gasteiger partial charge on any atom is 0.185 e. The summed E-state index contributed by atoms with van der Waals surface area (Å²) in [7, 11) is 2.06. The number of hydrogen-bond acceptors (Lipinski definition) is 5. The highest BCUT2D eigenvalue weighted by molar-refractivity contribution is 7.98. The number of anilines is 1. The van der Waals surface area contributed by atoms with E-state index in [1.807, 2.05) is 18.0 Å². The van der Waals surface area contributed by atoms with Gasteiger partial charge in [-0.15, -0.1) is 11.3 Å². The molecule has 0 atom stereocenters. The summed E-state index contributed by atoms with van der Waals surface area (Å²) < 4.78 is 0. The summed E-state index contributed by atoms with van der Waals surface area (Å²) in [5.74, 6) is 1.13. The number of thioether (sulfide) groups is 1. The molecule has 1 aromatic heterocycles. The van der Waals surface area contributed by atoms with Crippen molar-refractivity contribution in [3.63, 3.8) is 0 Å². The maximum absolute atomic E-state index is 5.51. The van der Waals surface area contributed by atoms with Crippen molar-refractivity contribution in [2.24, 2.45) is 5.73 Å². The number of thiazole rings is 1. The molecule has 0 saturated heterocycles. The fourth-order valence-corrected chi connectivity index (χ4v) is 2.12. The first kappa shape index (κ1) is 10.8. The van der Waals surface area contributed by atoms with Gasteiger partial charge in [0.05, 0.1) is 0 Å². The summed E-state index contributed by atoms with van der Waals surface area (Å²) in [6, 6.07) is 0. The molecule has 0 aliphatic carbocycles. The Balaban J connectivity index is 2.50. The Labute approximate surface area is 87.3 Å². The van der Waals surface area contributed by atoms with Crippen LogP contribution in [0.3, 0.4) is 0 Å². The highest BCUT2D eigenvalue weighted by Crippen LogP contribution is 2.20.